The number of carboxylic acid groups (broad SMARTS) is 1. The molecular formula is C13H16F2N2O2. The van der Waals surface area contributed by atoms with Crippen LogP contribution in [0.2, 0.25) is 0 Å². The number of rotatable bonds is 3. The third kappa shape index (κ3) is 3.19. The van der Waals surface area contributed by atoms with Gasteiger partial charge in [0.05, 0.1) is 0 Å². The summed E-state index contributed by atoms with van der Waals surface area (Å²) in [6, 6.07) is 4.70. The molecule has 0 aliphatic heterocycles. The third-order valence-electron chi connectivity index (χ3n) is 3.55. The van der Waals surface area contributed by atoms with E-state index in [4.69, 9.17) is 5.11 Å². The molecule has 0 spiro atoms. The highest BCUT2D eigenvalue weighted by Gasteiger charge is 2.36. The number of halogens is 2. The minimum absolute atomic E-state index is 0.0174. The second kappa shape index (κ2) is 5.11. The predicted molar refractivity (Wildman–Crippen MR) is 66.8 cm³/mol. The van der Waals surface area contributed by atoms with Gasteiger partial charge in [-0.2, -0.15) is 0 Å². The van der Waals surface area contributed by atoms with Gasteiger partial charge in [-0.05, 0) is 25.0 Å². The first kappa shape index (κ1) is 13.7. The molecule has 0 atom stereocenters. The van der Waals surface area contributed by atoms with Crippen molar-refractivity contribution in [2.24, 2.45) is 0 Å². The van der Waals surface area contributed by atoms with Gasteiger partial charge in [0.1, 0.15) is 5.82 Å². The molecule has 2 rings (SSSR count). The summed E-state index contributed by atoms with van der Waals surface area (Å²) in [6.07, 6.45) is 0.534. The first-order valence-electron chi connectivity index (χ1n) is 6.20. The number of anilines is 1. The lowest BCUT2D eigenvalue weighted by Crippen LogP contribution is -2.39. The van der Waals surface area contributed by atoms with Gasteiger partial charge in [0.15, 0.2) is 5.69 Å². The van der Waals surface area contributed by atoms with Crippen molar-refractivity contribution in [2.45, 2.75) is 37.6 Å². The van der Waals surface area contributed by atoms with Gasteiger partial charge in [0, 0.05) is 25.9 Å². The molecule has 19 heavy (non-hydrogen) atoms. The van der Waals surface area contributed by atoms with Gasteiger partial charge in [0.25, 0.3) is 0 Å². The second-order valence-corrected chi connectivity index (χ2v) is 4.88. The topological polar surface area (TPSA) is 53.4 Å². The number of alkyl halides is 2. The normalized spacial score (nSPS) is 19.1. The lowest BCUT2D eigenvalue weighted by Gasteiger charge is -2.35. The van der Waals surface area contributed by atoms with Crippen LogP contribution < -0.4 is 4.90 Å². The van der Waals surface area contributed by atoms with Gasteiger partial charge in [0.2, 0.25) is 5.92 Å². The Labute approximate surface area is 110 Å². The van der Waals surface area contributed by atoms with E-state index < -0.39 is 11.9 Å². The van der Waals surface area contributed by atoms with Crippen molar-refractivity contribution >= 4 is 11.8 Å². The highest BCUT2D eigenvalue weighted by molar-refractivity contribution is 5.85. The fourth-order valence-electron chi connectivity index (χ4n) is 2.34. The molecule has 1 aliphatic carbocycles. The maximum Gasteiger partial charge on any atom is 0.354 e. The van der Waals surface area contributed by atoms with Crippen molar-refractivity contribution in [1.82, 2.24) is 4.98 Å². The monoisotopic (exact) mass is 270 g/mol. The number of hydrogen-bond donors (Lipinski definition) is 1. The Morgan fingerprint density at radius 1 is 1.42 bits per heavy atom. The van der Waals surface area contributed by atoms with E-state index >= 15 is 0 Å². The Kier molecular flexibility index (Phi) is 3.68. The number of aromatic nitrogens is 1. The van der Waals surface area contributed by atoms with Crippen LogP contribution in [0.15, 0.2) is 18.2 Å². The number of hydrogen-bond acceptors (Lipinski definition) is 3. The molecule has 0 unspecified atom stereocenters. The van der Waals surface area contributed by atoms with Crippen molar-refractivity contribution in [3.63, 3.8) is 0 Å². The van der Waals surface area contributed by atoms with Crippen molar-refractivity contribution in [3.05, 3.63) is 23.9 Å². The van der Waals surface area contributed by atoms with Crippen molar-refractivity contribution in [1.29, 1.82) is 0 Å². The second-order valence-electron chi connectivity index (χ2n) is 4.88. The molecule has 4 nitrogen and oxygen atoms in total. The number of aromatic carboxylic acids is 1. The standard InChI is InChI=1S/C13H16F2N2O2/c1-17(9-5-7-13(14,15)8-6-9)11-4-2-3-10(16-11)12(18)19/h2-4,9H,5-8H2,1H3,(H,18,19). The van der Waals surface area contributed by atoms with Crippen molar-refractivity contribution in [2.75, 3.05) is 11.9 Å². The molecule has 1 aromatic heterocycles. The largest absolute Gasteiger partial charge is 0.477 e. The molecule has 0 aromatic carbocycles. The van der Waals surface area contributed by atoms with Crippen LogP contribution in [0, 0.1) is 0 Å². The average molecular weight is 270 g/mol. The average Bonchev–Trinajstić information content (AvgIpc) is 2.38. The van der Waals surface area contributed by atoms with E-state index in [-0.39, 0.29) is 24.6 Å². The molecule has 1 saturated carbocycles. The summed E-state index contributed by atoms with van der Waals surface area (Å²) in [5.41, 5.74) is -0.0366. The highest BCUT2D eigenvalue weighted by atomic mass is 19.3. The van der Waals surface area contributed by atoms with Gasteiger partial charge in [-0.1, -0.05) is 6.07 Å². The van der Waals surface area contributed by atoms with Crippen LogP contribution in [0.1, 0.15) is 36.2 Å². The zero-order valence-electron chi connectivity index (χ0n) is 10.6. The van der Waals surface area contributed by atoms with E-state index in [0.717, 1.165) is 0 Å². The number of nitrogens with zero attached hydrogens (tertiary/aromatic N) is 2. The minimum Gasteiger partial charge on any atom is -0.477 e. The minimum atomic E-state index is -2.56. The quantitative estimate of drug-likeness (QED) is 0.917. The summed E-state index contributed by atoms with van der Waals surface area (Å²) in [4.78, 5) is 16.7. The van der Waals surface area contributed by atoms with E-state index in [1.807, 2.05) is 0 Å². The van der Waals surface area contributed by atoms with E-state index in [0.29, 0.717) is 18.7 Å². The number of carboxylic acids is 1. The Morgan fingerprint density at radius 3 is 2.63 bits per heavy atom. The van der Waals surface area contributed by atoms with Gasteiger partial charge >= 0.3 is 5.97 Å². The summed E-state index contributed by atoms with van der Waals surface area (Å²) in [7, 11) is 1.77. The fraction of sp³-hybridized carbons (Fsp3) is 0.538. The molecule has 0 radical (unpaired) electrons. The number of pyridine rings is 1. The summed E-state index contributed by atoms with van der Waals surface area (Å²) < 4.78 is 26.2. The molecule has 1 N–H and O–H groups in total. The summed E-state index contributed by atoms with van der Waals surface area (Å²) >= 11 is 0. The van der Waals surface area contributed by atoms with Crippen LogP contribution in [-0.4, -0.2) is 35.1 Å². The SMILES string of the molecule is CN(c1cccc(C(=O)O)n1)C1CCC(F)(F)CC1. The highest BCUT2D eigenvalue weighted by Crippen LogP contribution is 2.35. The molecule has 1 heterocycles. The molecule has 1 aromatic rings. The lowest BCUT2D eigenvalue weighted by molar-refractivity contribution is -0.0378. The summed E-state index contributed by atoms with van der Waals surface area (Å²) in [6.45, 7) is 0. The Bertz CT molecular complexity index is 469. The first-order chi connectivity index (χ1) is 8.89. The maximum atomic E-state index is 13.1. The van der Waals surface area contributed by atoms with Gasteiger partial charge in [-0.3, -0.25) is 0 Å². The lowest BCUT2D eigenvalue weighted by atomic mass is 9.91. The molecular weight excluding hydrogens is 254 g/mol. The summed E-state index contributed by atoms with van der Waals surface area (Å²) in [5, 5.41) is 8.89. The molecule has 0 bridgehead atoms. The van der Waals surface area contributed by atoms with Crippen molar-refractivity contribution < 1.29 is 18.7 Å². The summed E-state index contributed by atoms with van der Waals surface area (Å²) in [5.74, 6) is -3.14. The molecule has 104 valence electrons. The number of carbonyl (C=O) groups is 1. The van der Waals surface area contributed by atoms with E-state index in [1.165, 1.54) is 6.07 Å². The Balaban J connectivity index is 2.10. The van der Waals surface area contributed by atoms with Crippen LogP contribution in [-0.2, 0) is 0 Å². The van der Waals surface area contributed by atoms with Crippen LogP contribution in [0.25, 0.3) is 0 Å². The van der Waals surface area contributed by atoms with E-state index in [1.54, 1.807) is 24.1 Å². The third-order valence-corrected chi connectivity index (χ3v) is 3.55. The van der Waals surface area contributed by atoms with E-state index in [9.17, 15) is 13.6 Å². The first-order valence-corrected chi connectivity index (χ1v) is 6.20. The molecule has 0 amide bonds. The van der Waals surface area contributed by atoms with Crippen LogP contribution in [0.5, 0.6) is 0 Å². The molecule has 1 fully saturated rings. The van der Waals surface area contributed by atoms with Crippen LogP contribution in [0.4, 0.5) is 14.6 Å². The van der Waals surface area contributed by atoms with E-state index in [2.05, 4.69) is 4.98 Å². The van der Waals surface area contributed by atoms with Gasteiger partial charge < -0.3 is 10.0 Å². The Hall–Kier alpha value is -1.72. The zero-order valence-corrected chi connectivity index (χ0v) is 10.6. The zero-order chi connectivity index (χ0) is 14.0. The Morgan fingerprint density at radius 2 is 2.05 bits per heavy atom. The van der Waals surface area contributed by atoms with Gasteiger partial charge in [-0.25, -0.2) is 18.6 Å². The fourth-order valence-corrected chi connectivity index (χ4v) is 2.34. The molecule has 1 aliphatic rings. The molecule has 0 saturated heterocycles. The predicted octanol–water partition coefficient (Wildman–Crippen LogP) is 2.79. The van der Waals surface area contributed by atoms with Gasteiger partial charge in [-0.15, -0.1) is 0 Å². The maximum absolute atomic E-state index is 13.1. The van der Waals surface area contributed by atoms with Crippen molar-refractivity contribution in [3.8, 4) is 0 Å². The van der Waals surface area contributed by atoms with Crippen LogP contribution >= 0.6 is 0 Å². The smallest absolute Gasteiger partial charge is 0.354 e. The molecule has 6 heteroatoms. The van der Waals surface area contributed by atoms with Crippen LogP contribution in [0.3, 0.4) is 0 Å².